The molecule has 0 aromatic carbocycles. The van der Waals surface area contributed by atoms with E-state index in [0.717, 1.165) is 0 Å². The molecule has 0 aliphatic carbocycles. The second-order valence-electron chi connectivity index (χ2n) is 0.458. The van der Waals surface area contributed by atoms with Gasteiger partial charge in [-0.05, 0) is 6.92 Å². The van der Waals surface area contributed by atoms with E-state index in [1.54, 1.807) is 6.92 Å². The van der Waals surface area contributed by atoms with Crippen LogP contribution in [0.2, 0.25) is 0 Å². The summed E-state index contributed by atoms with van der Waals surface area (Å²) in [4.78, 5) is 0. The molecule has 0 unspecified atom stereocenters. The highest BCUT2D eigenvalue weighted by Gasteiger charge is 1.34. The molecular weight excluding hydrogens is 477 g/mol. The Hall–Kier alpha value is 2.07. The Morgan fingerprint density at radius 3 is 1.10 bits per heavy atom. The minimum Gasteiger partial charge on any atom is -0.397 e. The molecule has 0 aromatic rings. The number of rotatable bonds is 0. The van der Waals surface area contributed by atoms with Gasteiger partial charge in [0, 0.05) is 43.8 Å². The van der Waals surface area contributed by atoms with Gasteiger partial charge >= 0.3 is 0 Å². The molecule has 3 nitrogen and oxygen atoms in total. The first-order chi connectivity index (χ1) is 3.83. The molecule has 6 heteroatoms. The Morgan fingerprint density at radius 2 is 1.10 bits per heavy atom. The molecule has 10 heavy (non-hydrogen) atoms. The Morgan fingerprint density at radius 1 is 1.10 bits per heavy atom. The SMILES string of the molecule is C.CCO.I.II.OCO. The number of aliphatic hydroxyl groups is 3. The zero-order valence-electron chi connectivity index (χ0n) is 4.92. The monoisotopic (exact) mass is 492 g/mol. The summed E-state index contributed by atoms with van der Waals surface area (Å²) >= 11 is 4.24. The topological polar surface area (TPSA) is 60.7 Å². The van der Waals surface area contributed by atoms with Crippen molar-refractivity contribution in [3.8, 4) is 0 Å². The third-order valence-corrected chi connectivity index (χ3v) is 0. The molecule has 0 aliphatic heterocycles. The van der Waals surface area contributed by atoms with Gasteiger partial charge in [-0.15, -0.1) is 24.0 Å². The van der Waals surface area contributed by atoms with E-state index in [9.17, 15) is 0 Å². The Kier molecular flexibility index (Phi) is 201. The van der Waals surface area contributed by atoms with E-state index >= 15 is 0 Å². The van der Waals surface area contributed by atoms with Crippen molar-refractivity contribution in [2.45, 2.75) is 14.4 Å². The highest BCUT2D eigenvalue weighted by atomic mass is 128. The normalized spacial score (nSPS) is 4.20. The molecule has 0 amide bonds. The van der Waals surface area contributed by atoms with E-state index in [1.807, 2.05) is 0 Å². The average Bonchev–Trinajstić information content (AvgIpc) is 1.75. The van der Waals surface area contributed by atoms with Crippen LogP contribution in [0.25, 0.3) is 0 Å². The van der Waals surface area contributed by atoms with E-state index in [2.05, 4.69) is 37.2 Å². The summed E-state index contributed by atoms with van der Waals surface area (Å²) in [6, 6.07) is 0. The van der Waals surface area contributed by atoms with Crippen LogP contribution in [0.3, 0.4) is 0 Å². The zero-order valence-corrected chi connectivity index (χ0v) is 11.6. The quantitative estimate of drug-likeness (QED) is 0.359. The van der Waals surface area contributed by atoms with Crippen LogP contribution in [0.1, 0.15) is 14.4 Å². The molecule has 0 aromatic heterocycles. The van der Waals surface area contributed by atoms with Crippen LogP contribution in [0, 0.1) is 0 Å². The first-order valence-electron chi connectivity index (χ1n) is 1.80. The minimum atomic E-state index is -0.750. The van der Waals surface area contributed by atoms with Crippen molar-refractivity contribution < 1.29 is 15.3 Å². The average molecular weight is 492 g/mol. The van der Waals surface area contributed by atoms with Crippen LogP contribution < -0.4 is 0 Å². The maximum absolute atomic E-state index is 7.57. The molecule has 0 rings (SSSR count). The van der Waals surface area contributed by atoms with E-state index in [4.69, 9.17) is 15.3 Å². The highest BCUT2D eigenvalue weighted by molar-refractivity contribution is 15.0. The second-order valence-corrected chi connectivity index (χ2v) is 0.458. The summed E-state index contributed by atoms with van der Waals surface area (Å²) in [6.45, 7) is 1.18. The molecule has 0 saturated carbocycles. The van der Waals surface area contributed by atoms with Crippen LogP contribution in [0.4, 0.5) is 0 Å². The third kappa shape index (κ3) is 193. The lowest BCUT2D eigenvalue weighted by atomic mass is 10.9. The lowest BCUT2D eigenvalue weighted by molar-refractivity contribution is 0.0773. The molecule has 0 bridgehead atoms. The van der Waals surface area contributed by atoms with Gasteiger partial charge in [-0.1, -0.05) is 7.43 Å². The second kappa shape index (κ2) is 67.8. The van der Waals surface area contributed by atoms with Gasteiger partial charge in [0.05, 0.1) is 0 Å². The molecule has 0 atom stereocenters. The van der Waals surface area contributed by atoms with Gasteiger partial charge in [-0.25, -0.2) is 0 Å². The van der Waals surface area contributed by atoms with Crippen LogP contribution in [0.15, 0.2) is 0 Å². The van der Waals surface area contributed by atoms with E-state index < -0.39 is 6.79 Å². The Labute approximate surface area is 103 Å². The fraction of sp³-hybridized carbons (Fsp3) is 1.00. The van der Waals surface area contributed by atoms with Crippen LogP contribution in [-0.2, 0) is 0 Å². The molecule has 0 fully saturated rings. The molecular formula is C4H15I3O3. The summed E-state index contributed by atoms with van der Waals surface area (Å²) in [5.41, 5.74) is 0. The smallest absolute Gasteiger partial charge is 0.140 e. The Bertz CT molecular complexity index is 17.7. The molecule has 3 N–H and O–H groups in total. The number of hydrogen-bond acceptors (Lipinski definition) is 3. The number of aliphatic hydroxyl groups excluding tert-OH is 2. The van der Waals surface area contributed by atoms with Gasteiger partial charge in [-0.2, -0.15) is 0 Å². The molecule has 0 radical (unpaired) electrons. The highest BCUT2D eigenvalue weighted by Crippen LogP contribution is 1.89. The lowest BCUT2D eigenvalue weighted by Gasteiger charge is -1.55. The van der Waals surface area contributed by atoms with Crippen molar-refractivity contribution in [3.63, 3.8) is 0 Å². The van der Waals surface area contributed by atoms with E-state index in [-0.39, 0.29) is 38.0 Å². The zero-order chi connectivity index (χ0) is 7.41. The van der Waals surface area contributed by atoms with Crippen molar-refractivity contribution >= 4 is 61.2 Å². The summed E-state index contributed by atoms with van der Waals surface area (Å²) in [5, 5.41) is 21.8. The van der Waals surface area contributed by atoms with Crippen LogP contribution in [-0.4, -0.2) is 28.7 Å². The molecule has 0 aliphatic rings. The minimum absolute atomic E-state index is 0. The largest absolute Gasteiger partial charge is 0.397 e. The lowest BCUT2D eigenvalue weighted by Crippen LogP contribution is -1.66. The summed E-state index contributed by atoms with van der Waals surface area (Å²) in [6.07, 6.45) is 0. The van der Waals surface area contributed by atoms with Gasteiger partial charge in [0.25, 0.3) is 0 Å². The summed E-state index contributed by atoms with van der Waals surface area (Å²) < 4.78 is 0. The fourth-order valence-electron chi connectivity index (χ4n) is 0. The van der Waals surface area contributed by atoms with Gasteiger partial charge in [-0.3, -0.25) is 0 Å². The predicted octanol–water partition coefficient (Wildman–Crippen LogP) is 1.95. The fourth-order valence-corrected chi connectivity index (χ4v) is 0. The number of halogens is 3. The van der Waals surface area contributed by atoms with Crippen molar-refractivity contribution in [2.75, 3.05) is 13.4 Å². The van der Waals surface area contributed by atoms with Crippen LogP contribution in [0.5, 0.6) is 0 Å². The van der Waals surface area contributed by atoms with Crippen molar-refractivity contribution in [3.05, 3.63) is 0 Å². The number of hydrogen-bond donors (Lipinski definition) is 3. The maximum atomic E-state index is 7.57. The summed E-state index contributed by atoms with van der Waals surface area (Å²) in [5.74, 6) is 0. The van der Waals surface area contributed by atoms with Gasteiger partial charge < -0.3 is 15.3 Å². The van der Waals surface area contributed by atoms with E-state index in [1.165, 1.54) is 0 Å². The van der Waals surface area contributed by atoms with Crippen molar-refractivity contribution in [1.29, 1.82) is 0 Å². The summed E-state index contributed by atoms with van der Waals surface area (Å²) in [7, 11) is 0. The standard InChI is InChI=1S/C2H6O.CH4O2.CH4.I2.HI/c1-2-3;2-1-3;;1-2;/h3H,2H2,1H3;2-3H,1H2;1H4;;1H. The van der Waals surface area contributed by atoms with Gasteiger partial charge in [0.15, 0.2) is 0 Å². The van der Waals surface area contributed by atoms with Gasteiger partial charge in [0.1, 0.15) is 6.79 Å². The maximum Gasteiger partial charge on any atom is 0.140 e. The Balaban J connectivity index is -0.0000000116. The van der Waals surface area contributed by atoms with Crippen molar-refractivity contribution in [1.82, 2.24) is 0 Å². The predicted molar refractivity (Wildman–Crippen MR) is 72.3 cm³/mol. The van der Waals surface area contributed by atoms with Crippen molar-refractivity contribution in [2.24, 2.45) is 0 Å². The third-order valence-electron chi connectivity index (χ3n) is 0. The molecule has 0 saturated heterocycles. The molecule has 70 valence electrons. The first kappa shape index (κ1) is 29.6. The van der Waals surface area contributed by atoms with Gasteiger partial charge in [0.2, 0.25) is 0 Å². The molecule has 0 spiro atoms. The molecule has 0 heterocycles. The van der Waals surface area contributed by atoms with E-state index in [0.29, 0.717) is 0 Å². The van der Waals surface area contributed by atoms with Crippen LogP contribution >= 0.6 is 61.2 Å². The first-order valence-corrected chi connectivity index (χ1v) is 8.08.